The molecule has 1 amide bonds. The fraction of sp³-hybridized carbons (Fsp3) is 0.238. The fourth-order valence-electron chi connectivity index (χ4n) is 2.98. The lowest BCUT2D eigenvalue weighted by molar-refractivity contribution is 0.0996. The minimum atomic E-state index is -0.335. The van der Waals surface area contributed by atoms with Gasteiger partial charge < -0.3 is 14.0 Å². The number of aryl methyl sites for hydroxylation is 2. The van der Waals surface area contributed by atoms with Crippen molar-refractivity contribution in [1.29, 1.82) is 0 Å². The SMILES string of the molecule is C#CCn1c(=NC(=O)c2ccc3c(c2)OCCO3)sc2cc(C)c(C)cc21. The van der Waals surface area contributed by atoms with Gasteiger partial charge in [0.05, 0.1) is 16.8 Å². The van der Waals surface area contributed by atoms with Crippen LogP contribution in [0.1, 0.15) is 21.5 Å². The van der Waals surface area contributed by atoms with Crippen molar-refractivity contribution in [2.75, 3.05) is 13.2 Å². The van der Waals surface area contributed by atoms with E-state index in [2.05, 4.69) is 36.9 Å². The van der Waals surface area contributed by atoms with E-state index in [0.29, 0.717) is 41.6 Å². The Bertz CT molecular complexity index is 1160. The molecule has 0 fully saturated rings. The number of fused-ring (bicyclic) bond motifs is 2. The van der Waals surface area contributed by atoms with E-state index in [1.54, 1.807) is 18.2 Å². The van der Waals surface area contributed by atoms with Gasteiger partial charge >= 0.3 is 0 Å². The van der Waals surface area contributed by atoms with E-state index in [0.717, 1.165) is 10.2 Å². The summed E-state index contributed by atoms with van der Waals surface area (Å²) < 4.78 is 14.0. The number of hydrogen-bond donors (Lipinski definition) is 0. The minimum absolute atomic E-state index is 0.335. The molecule has 2 heterocycles. The number of amides is 1. The summed E-state index contributed by atoms with van der Waals surface area (Å²) in [5, 5.41) is 0. The molecule has 0 aliphatic carbocycles. The predicted molar refractivity (Wildman–Crippen MR) is 105 cm³/mol. The number of hydrogen-bond acceptors (Lipinski definition) is 4. The number of carbonyl (C=O) groups excluding carboxylic acids is 1. The number of carbonyl (C=O) groups is 1. The van der Waals surface area contributed by atoms with Crippen molar-refractivity contribution in [3.8, 4) is 23.8 Å². The third-order valence-electron chi connectivity index (χ3n) is 4.53. The van der Waals surface area contributed by atoms with Gasteiger partial charge in [0.25, 0.3) is 5.91 Å². The van der Waals surface area contributed by atoms with Gasteiger partial charge in [0, 0.05) is 5.56 Å². The van der Waals surface area contributed by atoms with E-state index >= 15 is 0 Å². The molecule has 27 heavy (non-hydrogen) atoms. The molecule has 136 valence electrons. The molecule has 0 radical (unpaired) electrons. The van der Waals surface area contributed by atoms with Crippen molar-refractivity contribution in [1.82, 2.24) is 4.57 Å². The van der Waals surface area contributed by atoms with Crippen LogP contribution in [0.25, 0.3) is 10.2 Å². The summed E-state index contributed by atoms with van der Waals surface area (Å²) in [6, 6.07) is 9.31. The Morgan fingerprint density at radius 3 is 2.70 bits per heavy atom. The third-order valence-corrected chi connectivity index (χ3v) is 5.58. The largest absolute Gasteiger partial charge is 0.486 e. The molecule has 1 aliphatic rings. The Balaban J connectivity index is 1.81. The smallest absolute Gasteiger partial charge is 0.279 e. The maximum Gasteiger partial charge on any atom is 0.279 e. The van der Waals surface area contributed by atoms with E-state index in [1.807, 2.05) is 4.57 Å². The van der Waals surface area contributed by atoms with Crippen molar-refractivity contribution in [2.24, 2.45) is 4.99 Å². The number of thiazole rings is 1. The molecule has 1 aliphatic heterocycles. The minimum Gasteiger partial charge on any atom is -0.486 e. The predicted octanol–water partition coefficient (Wildman–Crippen LogP) is 3.47. The van der Waals surface area contributed by atoms with Gasteiger partial charge in [-0.15, -0.1) is 6.42 Å². The lowest BCUT2D eigenvalue weighted by atomic mass is 10.1. The molecule has 0 bridgehead atoms. The van der Waals surface area contributed by atoms with Crippen LogP contribution in [0.3, 0.4) is 0 Å². The third kappa shape index (κ3) is 3.22. The Morgan fingerprint density at radius 1 is 1.19 bits per heavy atom. The molecule has 0 atom stereocenters. The highest BCUT2D eigenvalue weighted by molar-refractivity contribution is 7.16. The molecule has 5 nitrogen and oxygen atoms in total. The summed E-state index contributed by atoms with van der Waals surface area (Å²) in [6.07, 6.45) is 5.54. The second-order valence-corrected chi connectivity index (χ2v) is 7.36. The topological polar surface area (TPSA) is 52.8 Å². The van der Waals surface area contributed by atoms with Crippen molar-refractivity contribution < 1.29 is 14.3 Å². The summed E-state index contributed by atoms with van der Waals surface area (Å²) in [5.74, 6) is 3.53. The van der Waals surface area contributed by atoms with E-state index < -0.39 is 0 Å². The molecule has 0 saturated carbocycles. The highest BCUT2D eigenvalue weighted by Crippen LogP contribution is 2.31. The first-order valence-corrected chi connectivity index (χ1v) is 9.41. The first kappa shape index (κ1) is 17.4. The molecule has 0 saturated heterocycles. The van der Waals surface area contributed by atoms with Crippen LogP contribution < -0.4 is 14.3 Å². The number of benzene rings is 2. The van der Waals surface area contributed by atoms with Crippen LogP contribution in [0.2, 0.25) is 0 Å². The van der Waals surface area contributed by atoms with Crippen LogP contribution in [0.5, 0.6) is 11.5 Å². The van der Waals surface area contributed by atoms with Gasteiger partial charge in [-0.25, -0.2) is 0 Å². The second-order valence-electron chi connectivity index (χ2n) is 6.35. The monoisotopic (exact) mass is 378 g/mol. The molecule has 0 N–H and O–H groups in total. The lowest BCUT2D eigenvalue weighted by Crippen LogP contribution is -2.17. The standard InChI is InChI=1S/C21H18N2O3S/c1-4-7-23-16-10-13(2)14(3)11-19(16)27-21(23)22-20(24)15-5-6-17-18(12-15)26-9-8-25-17/h1,5-6,10-12H,7-9H2,2-3H3. The number of aromatic nitrogens is 1. The van der Waals surface area contributed by atoms with Gasteiger partial charge in [-0.3, -0.25) is 4.79 Å². The zero-order valence-electron chi connectivity index (χ0n) is 15.1. The molecular formula is C21H18N2O3S. The fourth-order valence-corrected chi connectivity index (χ4v) is 4.09. The van der Waals surface area contributed by atoms with Gasteiger partial charge in [-0.05, 0) is 55.3 Å². The van der Waals surface area contributed by atoms with Crippen LogP contribution in [-0.4, -0.2) is 23.7 Å². The summed E-state index contributed by atoms with van der Waals surface area (Å²) in [5.41, 5.74) is 3.82. The van der Waals surface area contributed by atoms with E-state index in [9.17, 15) is 4.79 Å². The van der Waals surface area contributed by atoms with Gasteiger partial charge in [-0.2, -0.15) is 4.99 Å². The van der Waals surface area contributed by atoms with Crippen LogP contribution in [-0.2, 0) is 6.54 Å². The van der Waals surface area contributed by atoms with Crippen LogP contribution in [0, 0.1) is 26.2 Å². The lowest BCUT2D eigenvalue weighted by Gasteiger charge is -2.18. The Morgan fingerprint density at radius 2 is 1.93 bits per heavy atom. The van der Waals surface area contributed by atoms with Gasteiger partial charge in [-0.1, -0.05) is 17.3 Å². The highest BCUT2D eigenvalue weighted by Gasteiger charge is 2.15. The number of nitrogens with zero attached hydrogens (tertiary/aromatic N) is 2. The summed E-state index contributed by atoms with van der Waals surface area (Å²) in [4.78, 5) is 17.7. The van der Waals surface area contributed by atoms with Crippen LogP contribution in [0.4, 0.5) is 0 Å². The Labute approximate surface area is 160 Å². The zero-order chi connectivity index (χ0) is 19.0. The number of rotatable bonds is 2. The first-order valence-electron chi connectivity index (χ1n) is 8.59. The Hall–Kier alpha value is -3.04. The molecule has 6 heteroatoms. The molecule has 1 aromatic heterocycles. The average molecular weight is 378 g/mol. The van der Waals surface area contributed by atoms with Crippen molar-refractivity contribution in [3.63, 3.8) is 0 Å². The Kier molecular flexibility index (Phi) is 4.46. The van der Waals surface area contributed by atoms with Crippen LogP contribution >= 0.6 is 11.3 Å². The van der Waals surface area contributed by atoms with Crippen molar-refractivity contribution >= 4 is 27.5 Å². The normalized spacial score (nSPS) is 13.6. The molecule has 0 unspecified atom stereocenters. The maximum absolute atomic E-state index is 12.7. The first-order chi connectivity index (χ1) is 13.1. The molecular weight excluding hydrogens is 360 g/mol. The molecule has 4 rings (SSSR count). The summed E-state index contributed by atoms with van der Waals surface area (Å²) >= 11 is 1.46. The molecule has 3 aromatic rings. The van der Waals surface area contributed by atoms with E-state index in [4.69, 9.17) is 15.9 Å². The number of ether oxygens (including phenoxy) is 2. The van der Waals surface area contributed by atoms with Crippen LogP contribution in [0.15, 0.2) is 35.3 Å². The average Bonchev–Trinajstić information content (AvgIpc) is 2.98. The van der Waals surface area contributed by atoms with Crippen molar-refractivity contribution in [2.45, 2.75) is 20.4 Å². The van der Waals surface area contributed by atoms with Gasteiger partial charge in [0.15, 0.2) is 16.3 Å². The maximum atomic E-state index is 12.7. The number of terminal acetylenes is 1. The highest BCUT2D eigenvalue weighted by atomic mass is 32.1. The quantitative estimate of drug-likeness (QED) is 0.642. The molecule has 0 spiro atoms. The second kappa shape index (κ2) is 6.93. The molecule has 2 aromatic carbocycles. The summed E-state index contributed by atoms with van der Waals surface area (Å²) in [6.45, 7) is 5.47. The summed E-state index contributed by atoms with van der Waals surface area (Å²) in [7, 11) is 0. The van der Waals surface area contributed by atoms with Crippen molar-refractivity contribution in [3.05, 3.63) is 51.8 Å². The van der Waals surface area contributed by atoms with E-state index in [1.165, 1.54) is 22.5 Å². The zero-order valence-corrected chi connectivity index (χ0v) is 15.9. The van der Waals surface area contributed by atoms with E-state index in [-0.39, 0.29) is 5.91 Å². The van der Waals surface area contributed by atoms with Gasteiger partial charge in [0.1, 0.15) is 13.2 Å². The van der Waals surface area contributed by atoms with Gasteiger partial charge in [0.2, 0.25) is 0 Å².